The van der Waals surface area contributed by atoms with Crippen molar-refractivity contribution in [1.82, 2.24) is 0 Å². The molecule has 0 heterocycles. The molecule has 0 atom stereocenters. The summed E-state index contributed by atoms with van der Waals surface area (Å²) < 4.78 is 5.86. The van der Waals surface area contributed by atoms with Gasteiger partial charge in [-0.15, -0.1) is 21.8 Å². The van der Waals surface area contributed by atoms with E-state index in [2.05, 4.69) is 53.0 Å². The van der Waals surface area contributed by atoms with Gasteiger partial charge < -0.3 is 4.74 Å². The molecule has 1 aromatic carbocycles. The number of hydrogen-bond donors (Lipinski definition) is 0. The van der Waals surface area contributed by atoms with Crippen LogP contribution in [0.15, 0.2) is 24.3 Å². The van der Waals surface area contributed by atoms with Crippen LogP contribution >= 0.6 is 21.8 Å². The molecule has 0 aliphatic heterocycles. The van der Waals surface area contributed by atoms with Crippen LogP contribution in [0.4, 0.5) is 0 Å². The predicted octanol–water partition coefficient (Wildman–Crippen LogP) is 7.03. The first kappa shape index (κ1) is 21.3. The first-order chi connectivity index (χ1) is 12.3. The van der Waals surface area contributed by atoms with E-state index in [-0.39, 0.29) is 7.02 Å². The van der Waals surface area contributed by atoms with Crippen LogP contribution in [-0.4, -0.2) is 13.6 Å². The maximum atomic E-state index is 5.86. The van der Waals surface area contributed by atoms with Crippen LogP contribution < -0.4 is 4.74 Å². The summed E-state index contributed by atoms with van der Waals surface area (Å²) in [4.78, 5) is 0. The molecule has 142 valence electrons. The van der Waals surface area contributed by atoms with Crippen molar-refractivity contribution in [3.63, 3.8) is 0 Å². The topological polar surface area (TPSA) is 9.23 Å². The van der Waals surface area contributed by atoms with Crippen molar-refractivity contribution in [2.75, 3.05) is 6.61 Å². The molecule has 3 heteroatoms. The fourth-order valence-electron chi connectivity index (χ4n) is 4.04. The molecule has 1 nitrogen and oxygen atoms in total. The van der Waals surface area contributed by atoms with Crippen LogP contribution in [-0.2, 0) is 0 Å². The standard InChI is InChI=1S/C22H37IOSi/c1-2-3-4-5-6-8-19-9-11-20(12-10-19)21-13-15-22(16-14-21)24-17-7-18-25-23/h13-16,19-20H,2-12,17-18,25H2,1H3. The SMILES string of the molecule is CCCCCCCC1CCC(c2ccc(OCCC[SiH2]I)cc2)CC1. The van der Waals surface area contributed by atoms with Crippen molar-refractivity contribution in [1.29, 1.82) is 0 Å². The number of rotatable bonds is 12. The van der Waals surface area contributed by atoms with Gasteiger partial charge in [0.05, 0.1) is 13.6 Å². The van der Waals surface area contributed by atoms with E-state index in [1.54, 1.807) is 0 Å². The maximum Gasteiger partial charge on any atom is 0.119 e. The van der Waals surface area contributed by atoms with Crippen molar-refractivity contribution < 1.29 is 4.74 Å². The summed E-state index contributed by atoms with van der Waals surface area (Å²) in [5, 5.41) is 0. The smallest absolute Gasteiger partial charge is 0.119 e. The van der Waals surface area contributed by atoms with Gasteiger partial charge in [0.15, 0.2) is 0 Å². The highest BCUT2D eigenvalue weighted by Crippen LogP contribution is 2.38. The van der Waals surface area contributed by atoms with Crippen molar-refractivity contribution >= 4 is 28.8 Å². The monoisotopic (exact) mass is 472 g/mol. The maximum absolute atomic E-state index is 5.86. The molecule has 25 heavy (non-hydrogen) atoms. The van der Waals surface area contributed by atoms with Gasteiger partial charge in [-0.2, -0.15) is 0 Å². The zero-order chi connectivity index (χ0) is 17.7. The largest absolute Gasteiger partial charge is 0.494 e. The van der Waals surface area contributed by atoms with Crippen molar-refractivity contribution in [2.45, 2.75) is 89.5 Å². The zero-order valence-corrected chi connectivity index (χ0v) is 19.7. The Morgan fingerprint density at radius 3 is 2.36 bits per heavy atom. The fraction of sp³-hybridized carbons (Fsp3) is 0.727. The van der Waals surface area contributed by atoms with E-state index in [0.29, 0.717) is 0 Å². The van der Waals surface area contributed by atoms with Crippen LogP contribution in [0.1, 0.15) is 89.0 Å². The molecule has 0 unspecified atom stereocenters. The van der Waals surface area contributed by atoms with Crippen LogP contribution in [0.2, 0.25) is 6.04 Å². The minimum Gasteiger partial charge on any atom is -0.494 e. The molecule has 0 bridgehead atoms. The third-order valence-corrected chi connectivity index (χ3v) is 8.77. The molecule has 0 N–H and O–H groups in total. The Morgan fingerprint density at radius 1 is 0.960 bits per heavy atom. The molecule has 0 spiro atoms. The Morgan fingerprint density at radius 2 is 1.68 bits per heavy atom. The third-order valence-electron chi connectivity index (χ3n) is 5.71. The number of hydrogen-bond acceptors (Lipinski definition) is 1. The number of ether oxygens (including phenoxy) is 1. The Kier molecular flexibility index (Phi) is 11.2. The van der Waals surface area contributed by atoms with Gasteiger partial charge >= 0.3 is 0 Å². The van der Waals surface area contributed by atoms with Crippen LogP contribution in [0.25, 0.3) is 0 Å². The minimum absolute atomic E-state index is 0.170. The Labute approximate surface area is 170 Å². The third kappa shape index (κ3) is 8.46. The van der Waals surface area contributed by atoms with Gasteiger partial charge in [-0.1, -0.05) is 63.6 Å². The summed E-state index contributed by atoms with van der Waals surface area (Å²) in [5.74, 6) is 2.84. The van der Waals surface area contributed by atoms with Crippen LogP contribution in [0.5, 0.6) is 5.75 Å². The summed E-state index contributed by atoms with van der Waals surface area (Å²) in [6.07, 6.45) is 15.5. The molecule has 1 aliphatic rings. The number of benzene rings is 1. The lowest BCUT2D eigenvalue weighted by atomic mass is 9.77. The summed E-state index contributed by atoms with van der Waals surface area (Å²) in [5.41, 5.74) is 1.54. The summed E-state index contributed by atoms with van der Waals surface area (Å²) >= 11 is 2.57. The average Bonchev–Trinajstić information content (AvgIpc) is 2.66. The van der Waals surface area contributed by atoms with Gasteiger partial charge in [0.2, 0.25) is 0 Å². The summed E-state index contributed by atoms with van der Waals surface area (Å²) in [6, 6.07) is 10.4. The van der Waals surface area contributed by atoms with E-state index >= 15 is 0 Å². The first-order valence-corrected chi connectivity index (χ1v) is 16.7. The Hall–Kier alpha value is -0.0331. The summed E-state index contributed by atoms with van der Waals surface area (Å²) in [6.45, 7) is 3.19. The lowest BCUT2D eigenvalue weighted by molar-refractivity contribution is 0.301. The van der Waals surface area contributed by atoms with Gasteiger partial charge in [-0.25, -0.2) is 0 Å². The molecule has 1 fully saturated rings. The molecule has 0 radical (unpaired) electrons. The number of halogens is 1. The fourth-order valence-corrected chi connectivity index (χ4v) is 6.06. The normalized spacial score (nSPS) is 21.0. The molecular formula is C22H37IOSi. The van der Waals surface area contributed by atoms with E-state index < -0.39 is 0 Å². The average molecular weight is 473 g/mol. The van der Waals surface area contributed by atoms with Gasteiger partial charge in [-0.3, -0.25) is 0 Å². The molecule has 1 aromatic rings. The van der Waals surface area contributed by atoms with E-state index in [9.17, 15) is 0 Å². The highest BCUT2D eigenvalue weighted by molar-refractivity contribution is 14.1. The second kappa shape index (κ2) is 13.2. The quantitative estimate of drug-likeness (QED) is 0.137. The molecule has 2 rings (SSSR count). The molecule has 0 aromatic heterocycles. The van der Waals surface area contributed by atoms with Gasteiger partial charge in [0.1, 0.15) is 5.75 Å². The lowest BCUT2D eigenvalue weighted by Crippen LogP contribution is -2.13. The van der Waals surface area contributed by atoms with Gasteiger partial charge in [0.25, 0.3) is 0 Å². The van der Waals surface area contributed by atoms with E-state index in [0.717, 1.165) is 24.2 Å². The second-order valence-corrected chi connectivity index (χ2v) is 12.1. The summed E-state index contributed by atoms with van der Waals surface area (Å²) in [7, 11) is 0.170. The highest BCUT2D eigenvalue weighted by Gasteiger charge is 2.22. The van der Waals surface area contributed by atoms with Crippen molar-refractivity contribution in [3.8, 4) is 5.75 Å². The second-order valence-electron chi connectivity index (χ2n) is 7.73. The van der Waals surface area contributed by atoms with Crippen molar-refractivity contribution in [3.05, 3.63) is 29.8 Å². The van der Waals surface area contributed by atoms with E-state index in [4.69, 9.17) is 4.74 Å². The van der Waals surface area contributed by atoms with Gasteiger partial charge in [0, 0.05) is 0 Å². The molecule has 1 saturated carbocycles. The van der Waals surface area contributed by atoms with E-state index in [1.807, 2.05) is 0 Å². The van der Waals surface area contributed by atoms with Crippen LogP contribution in [0, 0.1) is 5.92 Å². The molecule has 0 saturated heterocycles. The first-order valence-electron chi connectivity index (χ1n) is 10.6. The van der Waals surface area contributed by atoms with Crippen LogP contribution in [0.3, 0.4) is 0 Å². The molecule has 0 amide bonds. The number of unbranched alkanes of at least 4 members (excludes halogenated alkanes) is 4. The lowest BCUT2D eigenvalue weighted by Gasteiger charge is -2.29. The van der Waals surface area contributed by atoms with E-state index in [1.165, 1.54) is 82.2 Å². The highest BCUT2D eigenvalue weighted by atomic mass is 127. The molecular weight excluding hydrogens is 435 g/mol. The predicted molar refractivity (Wildman–Crippen MR) is 122 cm³/mol. The Balaban J connectivity index is 1.64. The molecule has 1 aliphatic carbocycles. The van der Waals surface area contributed by atoms with Gasteiger partial charge in [-0.05, 0) is 61.6 Å². The van der Waals surface area contributed by atoms with Crippen molar-refractivity contribution in [2.24, 2.45) is 5.92 Å². The Bertz CT molecular complexity index is 440. The minimum atomic E-state index is 0.170. The zero-order valence-electron chi connectivity index (χ0n) is 16.1.